The van der Waals surface area contributed by atoms with E-state index in [0.717, 1.165) is 48.8 Å². The predicted octanol–water partition coefficient (Wildman–Crippen LogP) is 4.89. The van der Waals surface area contributed by atoms with Crippen molar-refractivity contribution in [1.29, 1.82) is 5.26 Å². The molecule has 172 valence electrons. The van der Waals surface area contributed by atoms with E-state index in [2.05, 4.69) is 12.2 Å². The number of amides is 1. The fraction of sp³-hybridized carbons (Fsp3) is 0.500. The molecule has 2 aromatic carbocycles. The molecule has 3 aliphatic rings. The Morgan fingerprint density at radius 1 is 1.18 bits per heavy atom. The molecular weight excluding hydrogens is 415 g/mol. The number of nitrogens with one attached hydrogen (secondary N) is 1. The van der Waals surface area contributed by atoms with Crippen LogP contribution in [0.2, 0.25) is 0 Å². The number of benzene rings is 2. The molecule has 0 aliphatic heterocycles. The van der Waals surface area contributed by atoms with Gasteiger partial charge in [0.25, 0.3) is 5.91 Å². The minimum Gasteiger partial charge on any atom is -0.389 e. The van der Waals surface area contributed by atoms with E-state index in [-0.39, 0.29) is 22.7 Å². The zero-order valence-corrected chi connectivity index (χ0v) is 19.3. The van der Waals surface area contributed by atoms with Crippen LogP contribution in [0, 0.1) is 34.4 Å². The van der Waals surface area contributed by atoms with E-state index in [9.17, 15) is 19.6 Å². The normalized spacial score (nSPS) is 32.3. The second-order valence-electron chi connectivity index (χ2n) is 10.5. The molecule has 0 bridgehead atoms. The molecule has 2 fully saturated rings. The van der Waals surface area contributed by atoms with Crippen molar-refractivity contribution < 1.29 is 14.3 Å². The molecule has 33 heavy (non-hydrogen) atoms. The van der Waals surface area contributed by atoms with Crippen LogP contribution in [0.5, 0.6) is 0 Å². The maximum absolute atomic E-state index is 14.8. The highest BCUT2D eigenvalue weighted by Crippen LogP contribution is 2.65. The molecule has 5 heteroatoms. The number of halogens is 1. The van der Waals surface area contributed by atoms with Crippen molar-refractivity contribution >= 4 is 5.91 Å². The molecule has 2 aromatic rings. The first-order chi connectivity index (χ1) is 15.8. The third-order valence-electron chi connectivity index (χ3n) is 9.23. The van der Waals surface area contributed by atoms with Gasteiger partial charge < -0.3 is 10.4 Å². The fourth-order valence-electron chi connectivity index (χ4n) is 7.37. The van der Waals surface area contributed by atoms with E-state index in [0.29, 0.717) is 36.2 Å². The number of aliphatic hydroxyl groups is 1. The SMILES string of the molecule is CNC(=O)c1ccc(C[C@]2(O)CCC3C4CCc5c(ccc(C#N)c5F)C4CC[C@@]32C)cc1. The van der Waals surface area contributed by atoms with Crippen molar-refractivity contribution in [2.45, 2.75) is 63.4 Å². The highest BCUT2D eigenvalue weighted by molar-refractivity contribution is 5.93. The Hall–Kier alpha value is -2.71. The van der Waals surface area contributed by atoms with E-state index in [4.69, 9.17) is 0 Å². The van der Waals surface area contributed by atoms with Crippen molar-refractivity contribution in [3.05, 3.63) is 70.0 Å². The Morgan fingerprint density at radius 2 is 1.94 bits per heavy atom. The Balaban J connectivity index is 1.40. The molecule has 0 aromatic heterocycles. The third kappa shape index (κ3) is 3.30. The van der Waals surface area contributed by atoms with Gasteiger partial charge in [0.2, 0.25) is 0 Å². The van der Waals surface area contributed by atoms with E-state index < -0.39 is 5.60 Å². The van der Waals surface area contributed by atoms with Gasteiger partial charge in [-0.05, 0) is 96.6 Å². The van der Waals surface area contributed by atoms with Gasteiger partial charge in [0.05, 0.1) is 11.2 Å². The molecule has 0 radical (unpaired) electrons. The molecule has 2 N–H and O–H groups in total. The zero-order chi connectivity index (χ0) is 23.4. The summed E-state index contributed by atoms with van der Waals surface area (Å²) in [5, 5.41) is 23.8. The van der Waals surface area contributed by atoms with Gasteiger partial charge in [0.1, 0.15) is 11.9 Å². The molecule has 5 rings (SSSR count). The van der Waals surface area contributed by atoms with Crippen molar-refractivity contribution in [2.75, 3.05) is 7.05 Å². The number of hydrogen-bond acceptors (Lipinski definition) is 3. The second-order valence-corrected chi connectivity index (χ2v) is 10.5. The highest BCUT2D eigenvalue weighted by atomic mass is 19.1. The second kappa shape index (κ2) is 7.95. The molecule has 0 spiro atoms. The smallest absolute Gasteiger partial charge is 0.251 e. The molecule has 5 atom stereocenters. The van der Waals surface area contributed by atoms with Crippen LogP contribution in [-0.4, -0.2) is 23.7 Å². The Kier molecular flexibility index (Phi) is 5.33. The summed E-state index contributed by atoms with van der Waals surface area (Å²) in [6.07, 6.45) is 5.77. The monoisotopic (exact) mass is 446 g/mol. The van der Waals surface area contributed by atoms with Gasteiger partial charge in [-0.25, -0.2) is 4.39 Å². The Bertz CT molecular complexity index is 1140. The van der Waals surface area contributed by atoms with Crippen molar-refractivity contribution in [2.24, 2.45) is 17.3 Å². The van der Waals surface area contributed by atoms with Gasteiger partial charge in [0, 0.05) is 19.0 Å². The minimum atomic E-state index is -0.784. The first-order valence-corrected chi connectivity index (χ1v) is 12.1. The molecule has 1 amide bonds. The van der Waals surface area contributed by atoms with Crippen LogP contribution in [-0.2, 0) is 12.8 Å². The van der Waals surface area contributed by atoms with Crippen molar-refractivity contribution in [3.8, 4) is 6.07 Å². The van der Waals surface area contributed by atoms with Crippen LogP contribution in [0.4, 0.5) is 4.39 Å². The highest BCUT2D eigenvalue weighted by Gasteiger charge is 2.61. The van der Waals surface area contributed by atoms with Gasteiger partial charge in [-0.1, -0.05) is 25.1 Å². The largest absolute Gasteiger partial charge is 0.389 e. The topological polar surface area (TPSA) is 73.1 Å². The lowest BCUT2D eigenvalue weighted by molar-refractivity contribution is -0.102. The molecule has 2 saturated carbocycles. The number of fused-ring (bicyclic) bond motifs is 5. The standard InChI is InChI=1S/C28H31FN2O2/c1-27-13-11-21-20-8-7-19(16-30)25(29)23(20)10-9-22(21)24(27)12-14-28(27,33)15-17-3-5-18(6-4-17)26(32)31-2/h3-8,21-22,24,33H,9-15H2,1-2H3,(H,31,32)/t21?,22?,24?,27-,28+/m0/s1. The maximum atomic E-state index is 14.8. The lowest BCUT2D eigenvalue weighted by Crippen LogP contribution is -2.52. The van der Waals surface area contributed by atoms with Gasteiger partial charge in [-0.3, -0.25) is 4.79 Å². The van der Waals surface area contributed by atoms with Crippen LogP contribution < -0.4 is 5.32 Å². The summed E-state index contributed by atoms with van der Waals surface area (Å²) < 4.78 is 14.8. The molecule has 3 unspecified atom stereocenters. The zero-order valence-electron chi connectivity index (χ0n) is 19.3. The average Bonchev–Trinajstić information content (AvgIpc) is 3.09. The predicted molar refractivity (Wildman–Crippen MR) is 124 cm³/mol. The van der Waals surface area contributed by atoms with E-state index in [1.165, 1.54) is 0 Å². The quantitative estimate of drug-likeness (QED) is 0.705. The summed E-state index contributed by atoms with van der Waals surface area (Å²) in [5.41, 5.74) is 2.67. The maximum Gasteiger partial charge on any atom is 0.251 e. The number of nitrogens with zero attached hydrogens (tertiary/aromatic N) is 1. The number of carbonyl (C=O) groups is 1. The summed E-state index contributed by atoms with van der Waals surface area (Å²) in [6, 6.07) is 13.2. The minimum absolute atomic E-state index is 0.109. The van der Waals surface area contributed by atoms with Gasteiger partial charge in [-0.2, -0.15) is 5.26 Å². The van der Waals surface area contributed by atoms with Crippen LogP contribution in [0.25, 0.3) is 0 Å². The third-order valence-corrected chi connectivity index (χ3v) is 9.23. The van der Waals surface area contributed by atoms with E-state index >= 15 is 0 Å². The lowest BCUT2D eigenvalue weighted by atomic mass is 9.52. The lowest BCUT2D eigenvalue weighted by Gasteiger charge is -2.53. The molecular formula is C28H31FN2O2. The first-order valence-electron chi connectivity index (χ1n) is 12.1. The summed E-state index contributed by atoms with van der Waals surface area (Å²) in [4.78, 5) is 11.8. The summed E-state index contributed by atoms with van der Waals surface area (Å²) in [7, 11) is 1.62. The average molecular weight is 447 g/mol. The van der Waals surface area contributed by atoms with Crippen LogP contribution in [0.3, 0.4) is 0 Å². The summed E-state index contributed by atoms with van der Waals surface area (Å²) in [6.45, 7) is 2.26. The van der Waals surface area contributed by atoms with Gasteiger partial charge in [0.15, 0.2) is 0 Å². The summed E-state index contributed by atoms with van der Waals surface area (Å²) in [5.74, 6) is 0.710. The number of nitriles is 1. The van der Waals surface area contributed by atoms with Crippen LogP contribution >= 0.6 is 0 Å². The molecule has 0 saturated heterocycles. The number of rotatable bonds is 3. The fourth-order valence-corrected chi connectivity index (χ4v) is 7.37. The van der Waals surface area contributed by atoms with Gasteiger partial charge in [-0.15, -0.1) is 0 Å². The number of carbonyl (C=O) groups excluding carboxylic acids is 1. The van der Waals surface area contributed by atoms with Gasteiger partial charge >= 0.3 is 0 Å². The molecule has 3 aliphatic carbocycles. The Labute approximate surface area is 194 Å². The first kappa shape index (κ1) is 22.1. The van der Waals surface area contributed by atoms with Crippen LogP contribution in [0.15, 0.2) is 36.4 Å². The molecule has 0 heterocycles. The van der Waals surface area contributed by atoms with Crippen molar-refractivity contribution in [1.82, 2.24) is 5.32 Å². The van der Waals surface area contributed by atoms with Crippen molar-refractivity contribution in [3.63, 3.8) is 0 Å². The van der Waals surface area contributed by atoms with E-state index in [1.807, 2.05) is 36.4 Å². The molecule has 4 nitrogen and oxygen atoms in total. The van der Waals surface area contributed by atoms with Crippen LogP contribution in [0.1, 0.15) is 77.6 Å². The summed E-state index contributed by atoms with van der Waals surface area (Å²) >= 11 is 0. The number of hydrogen-bond donors (Lipinski definition) is 2. The Morgan fingerprint density at radius 3 is 2.64 bits per heavy atom. The van der Waals surface area contributed by atoms with E-state index in [1.54, 1.807) is 13.1 Å².